The van der Waals surface area contributed by atoms with E-state index in [1.54, 1.807) is 0 Å². The molecule has 1 heterocycles. The number of piperidine rings is 1. The van der Waals surface area contributed by atoms with Crippen molar-refractivity contribution < 1.29 is 0 Å². The number of hydrogen-bond acceptors (Lipinski definition) is 2. The molecule has 2 aliphatic rings. The molecule has 1 spiro atoms. The van der Waals surface area contributed by atoms with Crippen LogP contribution in [-0.2, 0) is 0 Å². The molecular formula is C16H32N2. The molecule has 18 heavy (non-hydrogen) atoms. The van der Waals surface area contributed by atoms with Crippen LogP contribution in [0.15, 0.2) is 0 Å². The van der Waals surface area contributed by atoms with Crippen molar-refractivity contribution in [3.63, 3.8) is 0 Å². The van der Waals surface area contributed by atoms with Gasteiger partial charge in [-0.05, 0) is 70.1 Å². The summed E-state index contributed by atoms with van der Waals surface area (Å²) >= 11 is 0. The van der Waals surface area contributed by atoms with Crippen LogP contribution in [0.25, 0.3) is 0 Å². The second kappa shape index (κ2) is 6.38. The Hall–Kier alpha value is -0.0800. The third kappa shape index (κ3) is 3.27. The second-order valence-corrected chi connectivity index (χ2v) is 6.77. The van der Waals surface area contributed by atoms with Crippen molar-refractivity contribution in [1.29, 1.82) is 0 Å². The van der Waals surface area contributed by atoms with Crippen LogP contribution in [0.4, 0.5) is 0 Å². The second-order valence-electron chi connectivity index (χ2n) is 6.77. The van der Waals surface area contributed by atoms with Crippen molar-refractivity contribution >= 4 is 0 Å². The lowest BCUT2D eigenvalue weighted by Gasteiger charge is -2.43. The lowest BCUT2D eigenvalue weighted by Crippen LogP contribution is -2.47. The zero-order valence-electron chi connectivity index (χ0n) is 12.7. The lowest BCUT2D eigenvalue weighted by molar-refractivity contribution is 0.0628. The fourth-order valence-electron chi connectivity index (χ4n) is 3.93. The van der Waals surface area contributed by atoms with Gasteiger partial charge in [0.1, 0.15) is 0 Å². The molecule has 2 rings (SSSR count). The Bertz CT molecular complexity index is 235. The molecule has 2 atom stereocenters. The van der Waals surface area contributed by atoms with Gasteiger partial charge in [0.15, 0.2) is 0 Å². The van der Waals surface area contributed by atoms with Crippen molar-refractivity contribution in [1.82, 2.24) is 10.2 Å². The first-order valence-corrected chi connectivity index (χ1v) is 8.12. The highest BCUT2D eigenvalue weighted by Crippen LogP contribution is 2.46. The monoisotopic (exact) mass is 252 g/mol. The third-order valence-corrected chi connectivity index (χ3v) is 5.64. The van der Waals surface area contributed by atoms with Crippen molar-refractivity contribution in [3.05, 3.63) is 0 Å². The fraction of sp³-hybridized carbons (Fsp3) is 1.00. The van der Waals surface area contributed by atoms with E-state index >= 15 is 0 Å². The highest BCUT2D eigenvalue weighted by Gasteiger charge is 2.38. The van der Waals surface area contributed by atoms with Gasteiger partial charge in [-0.2, -0.15) is 0 Å². The Morgan fingerprint density at radius 2 is 1.67 bits per heavy atom. The molecule has 2 unspecified atom stereocenters. The molecule has 1 saturated heterocycles. The molecule has 2 fully saturated rings. The van der Waals surface area contributed by atoms with Gasteiger partial charge in [0.05, 0.1) is 0 Å². The lowest BCUT2D eigenvalue weighted by atomic mass is 9.76. The summed E-state index contributed by atoms with van der Waals surface area (Å²) in [7, 11) is 0. The molecular weight excluding hydrogens is 220 g/mol. The van der Waals surface area contributed by atoms with Gasteiger partial charge in [0.2, 0.25) is 0 Å². The zero-order chi connectivity index (χ0) is 13.0. The minimum Gasteiger partial charge on any atom is -0.317 e. The molecule has 0 aromatic rings. The maximum atomic E-state index is 3.49. The molecule has 106 valence electrons. The van der Waals surface area contributed by atoms with Crippen molar-refractivity contribution in [2.45, 2.75) is 65.3 Å². The largest absolute Gasteiger partial charge is 0.317 e. The maximum absolute atomic E-state index is 3.49. The number of nitrogens with one attached hydrogen (secondary N) is 1. The normalized spacial score (nSPS) is 27.5. The van der Waals surface area contributed by atoms with Gasteiger partial charge >= 0.3 is 0 Å². The molecule has 1 aliphatic carbocycles. The summed E-state index contributed by atoms with van der Waals surface area (Å²) in [5.41, 5.74) is 0.765. The quantitative estimate of drug-likeness (QED) is 0.808. The number of nitrogens with zero attached hydrogens (tertiary/aromatic N) is 1. The van der Waals surface area contributed by atoms with Crippen LogP contribution >= 0.6 is 0 Å². The van der Waals surface area contributed by atoms with Crippen LogP contribution in [0.1, 0.15) is 59.3 Å². The maximum Gasteiger partial charge on any atom is 0.0105 e. The fourth-order valence-corrected chi connectivity index (χ4v) is 3.93. The van der Waals surface area contributed by atoms with E-state index in [9.17, 15) is 0 Å². The molecule has 0 radical (unpaired) electrons. The highest BCUT2D eigenvalue weighted by molar-refractivity contribution is 4.91. The summed E-state index contributed by atoms with van der Waals surface area (Å²) in [6, 6.07) is 0.739. The summed E-state index contributed by atoms with van der Waals surface area (Å²) in [4.78, 5) is 2.74. The zero-order valence-corrected chi connectivity index (χ0v) is 12.7. The molecule has 1 N–H and O–H groups in total. The number of likely N-dealkylation sites (tertiary alicyclic amines) is 1. The minimum absolute atomic E-state index is 0.739. The molecule has 0 aromatic carbocycles. The van der Waals surface area contributed by atoms with Crippen molar-refractivity contribution in [2.24, 2.45) is 11.3 Å². The van der Waals surface area contributed by atoms with Crippen LogP contribution in [0.2, 0.25) is 0 Å². The van der Waals surface area contributed by atoms with Crippen LogP contribution in [0.3, 0.4) is 0 Å². The summed E-state index contributed by atoms with van der Waals surface area (Å²) in [6.45, 7) is 12.0. The first-order valence-electron chi connectivity index (χ1n) is 8.12. The predicted octanol–water partition coefficient (Wildman–Crippen LogP) is 3.28. The van der Waals surface area contributed by atoms with Crippen LogP contribution in [0, 0.1) is 11.3 Å². The molecule has 0 bridgehead atoms. The van der Waals surface area contributed by atoms with E-state index in [0.29, 0.717) is 0 Å². The van der Waals surface area contributed by atoms with E-state index < -0.39 is 0 Å². The SMILES string of the molecule is CCNCC(C)C(C)N1CCC2(CCCC2)CC1. The van der Waals surface area contributed by atoms with E-state index in [-0.39, 0.29) is 0 Å². The average molecular weight is 252 g/mol. The summed E-state index contributed by atoms with van der Waals surface area (Å²) in [6.07, 6.45) is 8.94. The van der Waals surface area contributed by atoms with Gasteiger partial charge < -0.3 is 10.2 Å². The minimum atomic E-state index is 0.739. The molecule has 2 heteroatoms. The number of rotatable bonds is 5. The van der Waals surface area contributed by atoms with Gasteiger partial charge in [-0.15, -0.1) is 0 Å². The Balaban J connectivity index is 1.77. The Labute approximate surface area is 114 Å². The summed E-state index contributed by atoms with van der Waals surface area (Å²) in [5.74, 6) is 0.766. The first kappa shape index (κ1) is 14.3. The van der Waals surface area contributed by atoms with Crippen LogP contribution < -0.4 is 5.32 Å². The molecule has 1 saturated carbocycles. The standard InChI is InChI=1S/C16H32N2/c1-4-17-13-14(2)15(3)18-11-9-16(10-12-18)7-5-6-8-16/h14-15,17H,4-13H2,1-3H3. The Kier molecular flexibility index (Phi) is 5.08. The van der Waals surface area contributed by atoms with Crippen LogP contribution in [0.5, 0.6) is 0 Å². The van der Waals surface area contributed by atoms with Gasteiger partial charge in [-0.25, -0.2) is 0 Å². The Morgan fingerprint density at radius 3 is 2.22 bits per heavy atom. The summed E-state index contributed by atoms with van der Waals surface area (Å²) < 4.78 is 0. The Morgan fingerprint density at radius 1 is 1.06 bits per heavy atom. The number of hydrogen-bond donors (Lipinski definition) is 1. The third-order valence-electron chi connectivity index (χ3n) is 5.64. The van der Waals surface area contributed by atoms with Gasteiger partial charge in [0.25, 0.3) is 0 Å². The summed E-state index contributed by atoms with van der Waals surface area (Å²) in [5, 5.41) is 3.49. The highest BCUT2D eigenvalue weighted by atomic mass is 15.2. The topological polar surface area (TPSA) is 15.3 Å². The van der Waals surface area contributed by atoms with Gasteiger partial charge in [-0.3, -0.25) is 0 Å². The molecule has 1 aliphatic heterocycles. The van der Waals surface area contributed by atoms with Crippen molar-refractivity contribution in [2.75, 3.05) is 26.2 Å². The van der Waals surface area contributed by atoms with Crippen LogP contribution in [-0.4, -0.2) is 37.1 Å². The molecule has 0 amide bonds. The van der Waals surface area contributed by atoms with E-state index in [4.69, 9.17) is 0 Å². The molecule has 0 aromatic heterocycles. The smallest absolute Gasteiger partial charge is 0.0105 e. The van der Waals surface area contributed by atoms with E-state index in [1.807, 2.05) is 0 Å². The van der Waals surface area contributed by atoms with Gasteiger partial charge in [0, 0.05) is 6.04 Å². The van der Waals surface area contributed by atoms with E-state index in [2.05, 4.69) is 31.0 Å². The molecule has 2 nitrogen and oxygen atoms in total. The van der Waals surface area contributed by atoms with Crippen molar-refractivity contribution in [3.8, 4) is 0 Å². The van der Waals surface area contributed by atoms with Gasteiger partial charge in [-0.1, -0.05) is 26.7 Å². The predicted molar refractivity (Wildman–Crippen MR) is 78.9 cm³/mol. The van der Waals surface area contributed by atoms with E-state index in [1.165, 1.54) is 58.2 Å². The van der Waals surface area contributed by atoms with E-state index in [0.717, 1.165) is 23.9 Å². The average Bonchev–Trinajstić information content (AvgIpc) is 2.84. The first-order chi connectivity index (χ1) is 8.67.